The highest BCUT2D eigenvalue weighted by molar-refractivity contribution is 6.00. The van der Waals surface area contributed by atoms with Gasteiger partial charge in [-0.15, -0.1) is 0 Å². The van der Waals surface area contributed by atoms with Gasteiger partial charge in [0, 0.05) is 11.3 Å². The van der Waals surface area contributed by atoms with Gasteiger partial charge < -0.3 is 10.2 Å². The SMILES string of the molecule is C=C1CC2(/C=C/[C@@H](O)CCCCCC)CC(O)CC2C1=O. The van der Waals surface area contributed by atoms with E-state index in [1.54, 1.807) is 0 Å². The summed E-state index contributed by atoms with van der Waals surface area (Å²) in [5.74, 6) is -0.0304. The lowest BCUT2D eigenvalue weighted by atomic mass is 9.79. The molecular weight excluding hydrogens is 264 g/mol. The minimum Gasteiger partial charge on any atom is -0.393 e. The highest BCUT2D eigenvalue weighted by atomic mass is 16.3. The van der Waals surface area contributed by atoms with Crippen LogP contribution in [0.2, 0.25) is 0 Å². The van der Waals surface area contributed by atoms with Gasteiger partial charge in [-0.3, -0.25) is 4.79 Å². The van der Waals surface area contributed by atoms with Crippen LogP contribution >= 0.6 is 0 Å². The Morgan fingerprint density at radius 1 is 1.43 bits per heavy atom. The van der Waals surface area contributed by atoms with E-state index in [-0.39, 0.29) is 17.1 Å². The van der Waals surface area contributed by atoms with Gasteiger partial charge in [0.25, 0.3) is 0 Å². The fraction of sp³-hybridized carbons (Fsp3) is 0.722. The molecule has 118 valence electrons. The van der Waals surface area contributed by atoms with Crippen molar-refractivity contribution >= 4 is 5.78 Å². The van der Waals surface area contributed by atoms with Crippen LogP contribution in [0.5, 0.6) is 0 Å². The van der Waals surface area contributed by atoms with Crippen molar-refractivity contribution in [2.45, 2.75) is 70.5 Å². The minimum atomic E-state index is -0.446. The number of hydrogen-bond acceptors (Lipinski definition) is 3. The number of carbonyl (C=O) groups is 1. The topological polar surface area (TPSA) is 57.5 Å². The van der Waals surface area contributed by atoms with Crippen molar-refractivity contribution in [2.75, 3.05) is 0 Å². The first kappa shape index (κ1) is 16.4. The summed E-state index contributed by atoms with van der Waals surface area (Å²) in [6.45, 7) is 6.03. The summed E-state index contributed by atoms with van der Waals surface area (Å²) in [6, 6.07) is 0. The predicted octanol–water partition coefficient (Wildman–Crippen LogP) is 3.16. The maximum absolute atomic E-state index is 12.1. The van der Waals surface area contributed by atoms with Crippen molar-refractivity contribution in [1.29, 1.82) is 0 Å². The molecule has 0 heterocycles. The first-order chi connectivity index (χ1) is 9.98. The monoisotopic (exact) mass is 292 g/mol. The number of unbranched alkanes of at least 4 members (excludes halogenated alkanes) is 3. The highest BCUT2D eigenvalue weighted by Crippen LogP contribution is 2.55. The van der Waals surface area contributed by atoms with Gasteiger partial charge in [-0.1, -0.05) is 51.3 Å². The quantitative estimate of drug-likeness (QED) is 0.430. The normalized spacial score (nSPS) is 33.9. The van der Waals surface area contributed by atoms with Gasteiger partial charge >= 0.3 is 0 Å². The molecule has 0 amide bonds. The molecule has 0 aliphatic heterocycles. The van der Waals surface area contributed by atoms with E-state index >= 15 is 0 Å². The average Bonchev–Trinajstić information content (AvgIpc) is 2.87. The molecule has 0 bridgehead atoms. The lowest BCUT2D eigenvalue weighted by molar-refractivity contribution is -0.118. The van der Waals surface area contributed by atoms with Gasteiger partial charge in [0.2, 0.25) is 0 Å². The highest BCUT2D eigenvalue weighted by Gasteiger charge is 2.54. The zero-order valence-electron chi connectivity index (χ0n) is 13.1. The van der Waals surface area contributed by atoms with E-state index in [1.165, 1.54) is 12.8 Å². The van der Waals surface area contributed by atoms with Gasteiger partial charge in [0.1, 0.15) is 0 Å². The molecule has 2 saturated carbocycles. The number of carbonyl (C=O) groups excluding carboxylic acids is 1. The van der Waals surface area contributed by atoms with Gasteiger partial charge in [-0.2, -0.15) is 0 Å². The van der Waals surface area contributed by atoms with Crippen LogP contribution in [-0.4, -0.2) is 28.2 Å². The number of ketones is 1. The molecule has 0 spiro atoms. The average molecular weight is 292 g/mol. The van der Waals surface area contributed by atoms with E-state index in [4.69, 9.17) is 0 Å². The first-order valence-electron chi connectivity index (χ1n) is 8.26. The largest absolute Gasteiger partial charge is 0.393 e. The smallest absolute Gasteiger partial charge is 0.162 e. The second kappa shape index (κ2) is 6.89. The molecule has 0 saturated heterocycles. The lowest BCUT2D eigenvalue weighted by Crippen LogP contribution is -2.21. The standard InChI is InChI=1S/C18H28O3/c1-3-4-5-6-7-14(19)8-9-18-11-13(2)17(21)16(18)10-15(20)12-18/h8-9,14-16,19-20H,2-7,10-12H2,1H3/b9-8+/t14-,15?,16?,18?/m0/s1. The van der Waals surface area contributed by atoms with Crippen LogP contribution in [0.25, 0.3) is 0 Å². The number of fused-ring (bicyclic) bond motifs is 1. The lowest BCUT2D eigenvalue weighted by Gasteiger charge is -2.24. The third kappa shape index (κ3) is 3.64. The molecule has 21 heavy (non-hydrogen) atoms. The van der Waals surface area contributed by atoms with Crippen LogP contribution in [-0.2, 0) is 4.79 Å². The Balaban J connectivity index is 1.95. The Bertz CT molecular complexity index is 426. The van der Waals surface area contributed by atoms with Crippen molar-refractivity contribution in [2.24, 2.45) is 11.3 Å². The van der Waals surface area contributed by atoms with Crippen LogP contribution in [0.15, 0.2) is 24.3 Å². The molecule has 0 radical (unpaired) electrons. The molecule has 3 heteroatoms. The molecule has 0 aromatic rings. The maximum Gasteiger partial charge on any atom is 0.162 e. The molecular formula is C18H28O3. The van der Waals surface area contributed by atoms with Crippen LogP contribution < -0.4 is 0 Å². The molecule has 2 N–H and O–H groups in total. The first-order valence-corrected chi connectivity index (χ1v) is 8.26. The van der Waals surface area contributed by atoms with Gasteiger partial charge in [0.05, 0.1) is 12.2 Å². The van der Waals surface area contributed by atoms with Gasteiger partial charge in [-0.05, 0) is 31.3 Å². The number of aliphatic hydroxyl groups is 2. The van der Waals surface area contributed by atoms with Crippen LogP contribution in [0.1, 0.15) is 58.3 Å². The third-order valence-electron chi connectivity index (χ3n) is 5.03. The summed E-state index contributed by atoms with van der Waals surface area (Å²) in [7, 11) is 0. The molecule has 3 nitrogen and oxygen atoms in total. The Kier molecular flexibility index (Phi) is 5.39. The summed E-state index contributed by atoms with van der Waals surface area (Å²) >= 11 is 0. The van der Waals surface area contributed by atoms with E-state index in [9.17, 15) is 15.0 Å². The van der Waals surface area contributed by atoms with Crippen molar-refractivity contribution < 1.29 is 15.0 Å². The number of allylic oxidation sites excluding steroid dienone is 2. The minimum absolute atomic E-state index is 0.105. The molecule has 3 unspecified atom stereocenters. The second-order valence-corrected chi connectivity index (χ2v) is 6.80. The van der Waals surface area contributed by atoms with Crippen molar-refractivity contribution in [3.05, 3.63) is 24.3 Å². The molecule has 0 aromatic carbocycles. The van der Waals surface area contributed by atoms with E-state index in [2.05, 4.69) is 13.5 Å². The fourth-order valence-corrected chi connectivity index (χ4v) is 3.89. The summed E-state index contributed by atoms with van der Waals surface area (Å²) in [6.07, 6.45) is 10.1. The fourth-order valence-electron chi connectivity index (χ4n) is 3.89. The summed E-state index contributed by atoms with van der Waals surface area (Å²) in [5.41, 5.74) is 0.381. The molecule has 2 fully saturated rings. The van der Waals surface area contributed by atoms with E-state index in [0.717, 1.165) is 19.3 Å². The molecule has 2 rings (SSSR count). The van der Waals surface area contributed by atoms with Gasteiger partial charge in [0.15, 0.2) is 5.78 Å². The van der Waals surface area contributed by atoms with Crippen molar-refractivity contribution in [1.82, 2.24) is 0 Å². The van der Waals surface area contributed by atoms with E-state index in [0.29, 0.717) is 24.8 Å². The van der Waals surface area contributed by atoms with Crippen molar-refractivity contribution in [3.8, 4) is 0 Å². The number of rotatable bonds is 7. The zero-order chi connectivity index (χ0) is 15.5. The van der Waals surface area contributed by atoms with Crippen molar-refractivity contribution in [3.63, 3.8) is 0 Å². The molecule has 0 aromatic heterocycles. The summed E-state index contributed by atoms with van der Waals surface area (Å²) in [4.78, 5) is 12.1. The Hall–Kier alpha value is -0.930. The Morgan fingerprint density at radius 3 is 2.90 bits per heavy atom. The molecule has 4 atom stereocenters. The molecule has 2 aliphatic carbocycles. The molecule has 2 aliphatic rings. The van der Waals surface area contributed by atoms with Gasteiger partial charge in [-0.25, -0.2) is 0 Å². The van der Waals surface area contributed by atoms with E-state index in [1.807, 2.05) is 12.2 Å². The second-order valence-electron chi connectivity index (χ2n) is 6.80. The Labute approximate surface area is 127 Å². The maximum atomic E-state index is 12.1. The van der Waals surface area contributed by atoms with Crippen LogP contribution in [0.3, 0.4) is 0 Å². The number of aliphatic hydroxyl groups excluding tert-OH is 2. The summed E-state index contributed by atoms with van der Waals surface area (Å²) in [5, 5.41) is 20.0. The number of hydrogen-bond donors (Lipinski definition) is 2. The summed E-state index contributed by atoms with van der Waals surface area (Å²) < 4.78 is 0. The Morgan fingerprint density at radius 2 is 2.19 bits per heavy atom. The number of Topliss-reactive ketones (excluding diaryl/α,β-unsaturated/α-hetero) is 1. The van der Waals surface area contributed by atoms with E-state index < -0.39 is 12.2 Å². The predicted molar refractivity (Wildman–Crippen MR) is 83.8 cm³/mol. The van der Waals surface area contributed by atoms with Crippen LogP contribution in [0.4, 0.5) is 0 Å². The third-order valence-corrected chi connectivity index (χ3v) is 5.03. The zero-order valence-corrected chi connectivity index (χ0v) is 13.1. The van der Waals surface area contributed by atoms with Crippen LogP contribution in [0, 0.1) is 11.3 Å².